The number of aryl methyl sites for hydroxylation is 1. The van der Waals surface area contributed by atoms with Crippen LogP contribution in [0, 0.1) is 18.6 Å². The molecule has 0 saturated heterocycles. The van der Waals surface area contributed by atoms with Gasteiger partial charge in [-0.15, -0.1) is 6.58 Å². The van der Waals surface area contributed by atoms with Gasteiger partial charge in [0.25, 0.3) is 0 Å². The van der Waals surface area contributed by atoms with Crippen molar-refractivity contribution in [1.29, 1.82) is 0 Å². The van der Waals surface area contributed by atoms with Gasteiger partial charge in [0, 0.05) is 19.2 Å². The van der Waals surface area contributed by atoms with Crippen molar-refractivity contribution in [3.8, 4) is 17.3 Å². The molecular formula is C26H31F2N3O3. The van der Waals surface area contributed by atoms with Crippen LogP contribution in [-0.4, -0.2) is 52.2 Å². The van der Waals surface area contributed by atoms with Crippen LogP contribution in [0.1, 0.15) is 24.6 Å². The van der Waals surface area contributed by atoms with E-state index in [-0.39, 0.29) is 12.4 Å². The monoisotopic (exact) mass is 471 g/mol. The summed E-state index contributed by atoms with van der Waals surface area (Å²) in [4.78, 5) is 2.08. The lowest BCUT2D eigenvalue weighted by Crippen LogP contribution is -2.35. The minimum atomic E-state index is -0.801. The molecule has 3 rings (SSSR count). The summed E-state index contributed by atoms with van der Waals surface area (Å²) in [6.45, 7) is 9.60. The van der Waals surface area contributed by atoms with Gasteiger partial charge in [-0.3, -0.25) is 4.90 Å². The predicted octanol–water partition coefficient (Wildman–Crippen LogP) is 5.03. The molecule has 0 aliphatic carbocycles. The standard InChI is InChI=1S/C26H31F2N3O3/c1-4-13-30(16-22(32)18-33-14-5-2)17-23-19(3)29-31(21-9-7-6-8-10-21)26(23)34-25-12-11-20(27)15-24(25)28/h5-12,15,22,32H,2,4,13-14,16-18H2,1,3H3/t22-/m0/s1. The second kappa shape index (κ2) is 12.4. The van der Waals surface area contributed by atoms with Crippen molar-refractivity contribution >= 4 is 0 Å². The van der Waals surface area contributed by atoms with Gasteiger partial charge in [0.1, 0.15) is 5.82 Å². The summed E-state index contributed by atoms with van der Waals surface area (Å²) >= 11 is 0. The van der Waals surface area contributed by atoms with Gasteiger partial charge in [-0.25, -0.2) is 13.5 Å². The normalized spacial score (nSPS) is 12.2. The van der Waals surface area contributed by atoms with Crippen LogP contribution in [0.15, 0.2) is 61.2 Å². The molecule has 1 aromatic heterocycles. The first kappa shape index (κ1) is 25.6. The quantitative estimate of drug-likeness (QED) is 0.280. The summed E-state index contributed by atoms with van der Waals surface area (Å²) in [5, 5.41) is 15.1. The summed E-state index contributed by atoms with van der Waals surface area (Å²) in [6.07, 6.45) is 1.82. The van der Waals surface area contributed by atoms with E-state index in [0.29, 0.717) is 31.3 Å². The maximum absolute atomic E-state index is 14.5. The molecule has 0 aliphatic heterocycles. The Hall–Kier alpha value is -3.07. The van der Waals surface area contributed by atoms with Gasteiger partial charge < -0.3 is 14.6 Å². The van der Waals surface area contributed by atoms with E-state index in [0.717, 1.165) is 36.3 Å². The van der Waals surface area contributed by atoms with E-state index >= 15 is 0 Å². The highest BCUT2D eigenvalue weighted by molar-refractivity contribution is 5.43. The molecule has 1 heterocycles. The molecule has 6 nitrogen and oxygen atoms in total. The van der Waals surface area contributed by atoms with Crippen molar-refractivity contribution < 1.29 is 23.4 Å². The molecule has 34 heavy (non-hydrogen) atoms. The Morgan fingerprint density at radius 2 is 1.97 bits per heavy atom. The van der Waals surface area contributed by atoms with Gasteiger partial charge >= 0.3 is 0 Å². The number of aliphatic hydroxyl groups excluding tert-OH is 1. The van der Waals surface area contributed by atoms with Crippen molar-refractivity contribution in [2.24, 2.45) is 0 Å². The molecule has 0 amide bonds. The van der Waals surface area contributed by atoms with Crippen LogP contribution in [0.2, 0.25) is 0 Å². The Kier molecular flexibility index (Phi) is 9.33. The molecule has 0 aliphatic rings. The van der Waals surface area contributed by atoms with Crippen LogP contribution < -0.4 is 4.74 Å². The minimum Gasteiger partial charge on any atom is -0.435 e. The maximum Gasteiger partial charge on any atom is 0.227 e. The van der Waals surface area contributed by atoms with E-state index < -0.39 is 17.7 Å². The zero-order valence-corrected chi connectivity index (χ0v) is 19.6. The smallest absolute Gasteiger partial charge is 0.227 e. The zero-order chi connectivity index (χ0) is 24.5. The average Bonchev–Trinajstić information content (AvgIpc) is 3.11. The molecule has 182 valence electrons. The fraction of sp³-hybridized carbons (Fsp3) is 0.346. The van der Waals surface area contributed by atoms with Crippen LogP contribution in [0.3, 0.4) is 0 Å². The lowest BCUT2D eigenvalue weighted by atomic mass is 10.2. The van der Waals surface area contributed by atoms with Gasteiger partial charge in [0.2, 0.25) is 5.88 Å². The van der Waals surface area contributed by atoms with Crippen LogP contribution in [-0.2, 0) is 11.3 Å². The number of benzene rings is 2. The maximum atomic E-state index is 14.5. The van der Waals surface area contributed by atoms with E-state index in [1.165, 1.54) is 6.07 Å². The second-order valence-corrected chi connectivity index (χ2v) is 8.01. The number of hydrogen-bond donors (Lipinski definition) is 1. The number of aromatic nitrogens is 2. The molecular weight excluding hydrogens is 440 g/mol. The molecule has 1 N–H and O–H groups in total. The number of rotatable bonds is 13. The van der Waals surface area contributed by atoms with Gasteiger partial charge in [-0.2, -0.15) is 5.10 Å². The molecule has 3 aromatic rings. The number of nitrogens with zero attached hydrogens (tertiary/aromatic N) is 3. The molecule has 0 radical (unpaired) electrons. The first-order valence-electron chi connectivity index (χ1n) is 11.3. The van der Waals surface area contributed by atoms with Crippen LogP contribution in [0.5, 0.6) is 11.6 Å². The minimum absolute atomic E-state index is 0.0976. The lowest BCUT2D eigenvalue weighted by molar-refractivity contribution is 0.0244. The molecule has 1 atom stereocenters. The first-order chi connectivity index (χ1) is 16.4. The van der Waals surface area contributed by atoms with E-state index in [4.69, 9.17) is 9.47 Å². The average molecular weight is 472 g/mol. The van der Waals surface area contributed by atoms with Gasteiger partial charge in [-0.05, 0) is 44.2 Å². The largest absolute Gasteiger partial charge is 0.435 e. The highest BCUT2D eigenvalue weighted by atomic mass is 19.1. The molecule has 8 heteroatoms. The second-order valence-electron chi connectivity index (χ2n) is 8.01. The van der Waals surface area contributed by atoms with Crippen molar-refractivity contribution in [3.05, 3.63) is 84.1 Å². The molecule has 0 unspecified atom stereocenters. The van der Waals surface area contributed by atoms with Crippen LogP contribution in [0.25, 0.3) is 5.69 Å². The number of aliphatic hydroxyl groups is 1. The van der Waals surface area contributed by atoms with Gasteiger partial charge in [0.05, 0.1) is 36.3 Å². The third-order valence-corrected chi connectivity index (χ3v) is 5.18. The third kappa shape index (κ3) is 6.72. The predicted molar refractivity (Wildman–Crippen MR) is 127 cm³/mol. The van der Waals surface area contributed by atoms with E-state index in [1.54, 1.807) is 10.8 Å². The summed E-state index contributed by atoms with van der Waals surface area (Å²) in [5.74, 6) is -1.24. The van der Waals surface area contributed by atoms with Gasteiger partial charge in [-0.1, -0.05) is 31.2 Å². The van der Waals surface area contributed by atoms with Crippen molar-refractivity contribution in [2.75, 3.05) is 26.3 Å². The Bertz CT molecular complexity index is 1070. The molecule has 0 fully saturated rings. The summed E-state index contributed by atoms with van der Waals surface area (Å²) in [5.41, 5.74) is 2.20. The number of ether oxygens (including phenoxy) is 2. The Balaban J connectivity index is 1.94. The van der Waals surface area contributed by atoms with E-state index in [1.807, 2.05) is 37.3 Å². The van der Waals surface area contributed by atoms with Crippen LogP contribution >= 0.6 is 0 Å². The number of halogens is 2. The van der Waals surface area contributed by atoms with E-state index in [9.17, 15) is 13.9 Å². The summed E-state index contributed by atoms with van der Waals surface area (Å²) in [6, 6.07) is 12.6. The highest BCUT2D eigenvalue weighted by Crippen LogP contribution is 2.33. The lowest BCUT2D eigenvalue weighted by Gasteiger charge is -2.25. The first-order valence-corrected chi connectivity index (χ1v) is 11.3. The molecule has 2 aromatic carbocycles. The molecule has 0 spiro atoms. The number of para-hydroxylation sites is 1. The molecule has 0 bridgehead atoms. The summed E-state index contributed by atoms with van der Waals surface area (Å²) in [7, 11) is 0. The SMILES string of the molecule is C=CCOC[C@@H](O)CN(CCC)Cc1c(C)nn(-c2ccccc2)c1Oc1ccc(F)cc1F. The van der Waals surface area contributed by atoms with Crippen molar-refractivity contribution in [3.63, 3.8) is 0 Å². The highest BCUT2D eigenvalue weighted by Gasteiger charge is 2.23. The van der Waals surface area contributed by atoms with Crippen LogP contribution in [0.4, 0.5) is 8.78 Å². The number of hydrogen-bond acceptors (Lipinski definition) is 5. The van der Waals surface area contributed by atoms with Crippen molar-refractivity contribution in [2.45, 2.75) is 32.9 Å². The third-order valence-electron chi connectivity index (χ3n) is 5.18. The van der Waals surface area contributed by atoms with E-state index in [2.05, 4.69) is 23.5 Å². The zero-order valence-electron chi connectivity index (χ0n) is 19.6. The topological polar surface area (TPSA) is 59.8 Å². The Labute approximate surface area is 199 Å². The fourth-order valence-corrected chi connectivity index (χ4v) is 3.64. The summed E-state index contributed by atoms with van der Waals surface area (Å²) < 4.78 is 40.9. The van der Waals surface area contributed by atoms with Crippen molar-refractivity contribution in [1.82, 2.24) is 14.7 Å². The Morgan fingerprint density at radius 1 is 1.21 bits per heavy atom. The Morgan fingerprint density at radius 3 is 2.65 bits per heavy atom. The van der Waals surface area contributed by atoms with Gasteiger partial charge in [0.15, 0.2) is 11.6 Å². The molecule has 0 saturated carbocycles. The fourth-order valence-electron chi connectivity index (χ4n) is 3.64.